The Balaban J connectivity index is 1.89. The van der Waals surface area contributed by atoms with E-state index in [2.05, 4.69) is 41.7 Å². The van der Waals surface area contributed by atoms with E-state index in [0.717, 1.165) is 31.3 Å². The van der Waals surface area contributed by atoms with E-state index < -0.39 is 5.82 Å². The minimum absolute atomic E-state index is 0.0633. The maximum Gasteiger partial charge on any atom is 0.223 e. The second kappa shape index (κ2) is 6.77. The number of hydrogen-bond acceptors (Lipinski definition) is 3. The molecule has 0 bridgehead atoms. The molecule has 0 aliphatic carbocycles. The van der Waals surface area contributed by atoms with Crippen LogP contribution in [0.2, 0.25) is 5.28 Å². The summed E-state index contributed by atoms with van der Waals surface area (Å²) in [5.74, 6) is 0.00908. The van der Waals surface area contributed by atoms with Crippen LogP contribution in [0.15, 0.2) is 30.5 Å². The van der Waals surface area contributed by atoms with E-state index in [4.69, 9.17) is 11.6 Å². The molecule has 128 valence electrons. The van der Waals surface area contributed by atoms with E-state index in [1.807, 2.05) is 18.2 Å². The van der Waals surface area contributed by atoms with Crippen molar-refractivity contribution in [2.45, 2.75) is 45.1 Å². The molecule has 1 aliphatic heterocycles. The number of halogens is 2. The summed E-state index contributed by atoms with van der Waals surface area (Å²) in [6, 6.07) is 8.01. The first kappa shape index (κ1) is 17.3. The topological polar surface area (TPSA) is 29.0 Å². The Kier molecular flexibility index (Phi) is 4.88. The van der Waals surface area contributed by atoms with Gasteiger partial charge in [-0.05, 0) is 69.3 Å². The number of piperidine rings is 1. The normalized spacial score (nSPS) is 19.5. The van der Waals surface area contributed by atoms with Crippen molar-refractivity contribution < 1.29 is 4.39 Å². The Morgan fingerprint density at radius 3 is 2.83 bits per heavy atom. The molecule has 1 unspecified atom stereocenters. The van der Waals surface area contributed by atoms with Gasteiger partial charge < -0.3 is 0 Å². The Hall–Kier alpha value is -1.52. The maximum atomic E-state index is 14.1. The highest BCUT2D eigenvalue weighted by Gasteiger charge is 2.28. The number of rotatable bonds is 2. The molecule has 1 aliphatic rings. The molecule has 3 rings (SSSR count). The van der Waals surface area contributed by atoms with Gasteiger partial charge in [-0.2, -0.15) is 0 Å². The smallest absolute Gasteiger partial charge is 0.223 e. The fraction of sp³-hybridized carbons (Fsp3) is 0.474. The van der Waals surface area contributed by atoms with Crippen molar-refractivity contribution >= 4 is 11.6 Å². The average Bonchev–Trinajstić information content (AvgIpc) is 2.56. The second-order valence-corrected chi connectivity index (χ2v) is 7.76. The van der Waals surface area contributed by atoms with Gasteiger partial charge in [0.25, 0.3) is 0 Å². The largest absolute Gasteiger partial charge is 0.298 e. The lowest BCUT2D eigenvalue weighted by atomic mass is 9.87. The highest BCUT2D eigenvalue weighted by atomic mass is 35.5. The molecule has 1 saturated heterocycles. The lowest BCUT2D eigenvalue weighted by Gasteiger charge is -2.41. The monoisotopic (exact) mass is 347 g/mol. The molecule has 24 heavy (non-hydrogen) atoms. The van der Waals surface area contributed by atoms with Gasteiger partial charge in [0.1, 0.15) is 5.69 Å². The third-order valence-corrected chi connectivity index (χ3v) is 4.90. The molecule has 1 aromatic carbocycles. The third kappa shape index (κ3) is 3.76. The lowest BCUT2D eigenvalue weighted by Crippen LogP contribution is -2.46. The summed E-state index contributed by atoms with van der Waals surface area (Å²) in [6.07, 6.45) is 3.46. The lowest BCUT2D eigenvalue weighted by molar-refractivity contribution is 0.0987. The Morgan fingerprint density at radius 2 is 2.08 bits per heavy atom. The molecular formula is C19H23ClFN3. The van der Waals surface area contributed by atoms with Crippen molar-refractivity contribution in [3.63, 3.8) is 0 Å². The van der Waals surface area contributed by atoms with Crippen LogP contribution in [0.1, 0.15) is 45.1 Å². The molecule has 3 nitrogen and oxygen atoms in total. The molecule has 0 spiro atoms. The Labute approximate surface area is 147 Å². The standard InChI is InChI=1S/C19H23ClFN3/c1-19(2,3)24-9-5-8-15(12-24)13-6-4-7-14(10-13)17-16(21)11-22-18(20)23-17/h4,6-7,10-11,15H,5,8-9,12H2,1-3H3. The van der Waals surface area contributed by atoms with E-state index in [0.29, 0.717) is 5.92 Å². The number of nitrogens with zero attached hydrogens (tertiary/aromatic N) is 3. The summed E-state index contributed by atoms with van der Waals surface area (Å²) in [6.45, 7) is 8.92. The first-order valence-corrected chi connectivity index (χ1v) is 8.76. The molecule has 1 aromatic heterocycles. The van der Waals surface area contributed by atoms with E-state index in [9.17, 15) is 4.39 Å². The molecule has 2 aromatic rings. The van der Waals surface area contributed by atoms with Crippen LogP contribution in [0.4, 0.5) is 4.39 Å². The van der Waals surface area contributed by atoms with E-state index in [1.165, 1.54) is 12.0 Å². The second-order valence-electron chi connectivity index (χ2n) is 7.42. The molecular weight excluding hydrogens is 325 g/mol. The molecule has 0 saturated carbocycles. The average molecular weight is 348 g/mol. The Bertz CT molecular complexity index is 727. The van der Waals surface area contributed by atoms with Gasteiger partial charge in [0.15, 0.2) is 5.82 Å². The van der Waals surface area contributed by atoms with Gasteiger partial charge in [0.05, 0.1) is 6.20 Å². The van der Waals surface area contributed by atoms with Gasteiger partial charge >= 0.3 is 0 Å². The van der Waals surface area contributed by atoms with Crippen LogP contribution in [0, 0.1) is 5.82 Å². The van der Waals surface area contributed by atoms with Crippen LogP contribution < -0.4 is 0 Å². The van der Waals surface area contributed by atoms with Crippen molar-refractivity contribution in [1.82, 2.24) is 14.9 Å². The van der Waals surface area contributed by atoms with Crippen LogP contribution in [0.3, 0.4) is 0 Å². The zero-order valence-corrected chi connectivity index (χ0v) is 15.1. The van der Waals surface area contributed by atoms with Crippen molar-refractivity contribution in [3.8, 4) is 11.3 Å². The van der Waals surface area contributed by atoms with Crippen molar-refractivity contribution in [2.24, 2.45) is 0 Å². The SMILES string of the molecule is CC(C)(C)N1CCCC(c2cccc(-c3nc(Cl)ncc3F)c2)C1. The van der Waals surface area contributed by atoms with E-state index in [1.54, 1.807) is 0 Å². The predicted octanol–water partition coefficient (Wildman–Crippen LogP) is 4.91. The van der Waals surface area contributed by atoms with Crippen LogP contribution in [0.5, 0.6) is 0 Å². The summed E-state index contributed by atoms with van der Waals surface area (Å²) in [5.41, 5.74) is 2.42. The molecule has 1 fully saturated rings. The molecule has 2 heterocycles. The van der Waals surface area contributed by atoms with E-state index in [-0.39, 0.29) is 16.5 Å². The Morgan fingerprint density at radius 1 is 1.29 bits per heavy atom. The van der Waals surface area contributed by atoms with Gasteiger partial charge in [0, 0.05) is 17.6 Å². The predicted molar refractivity (Wildman–Crippen MR) is 95.7 cm³/mol. The minimum Gasteiger partial charge on any atom is -0.298 e. The molecule has 0 radical (unpaired) electrons. The quantitative estimate of drug-likeness (QED) is 0.722. The summed E-state index contributed by atoms with van der Waals surface area (Å²) in [5, 5.41) is 0.0633. The zero-order valence-electron chi connectivity index (χ0n) is 14.4. The summed E-state index contributed by atoms with van der Waals surface area (Å²) >= 11 is 5.83. The van der Waals surface area contributed by atoms with E-state index >= 15 is 0 Å². The number of likely N-dealkylation sites (tertiary alicyclic amines) is 1. The number of aromatic nitrogens is 2. The van der Waals surface area contributed by atoms with Crippen LogP contribution in [-0.4, -0.2) is 33.5 Å². The van der Waals surface area contributed by atoms with Crippen LogP contribution in [-0.2, 0) is 0 Å². The number of hydrogen-bond donors (Lipinski definition) is 0. The van der Waals surface area contributed by atoms with Gasteiger partial charge in [0.2, 0.25) is 5.28 Å². The first-order chi connectivity index (χ1) is 11.3. The first-order valence-electron chi connectivity index (χ1n) is 8.38. The van der Waals surface area contributed by atoms with Gasteiger partial charge in [-0.25, -0.2) is 14.4 Å². The highest BCUT2D eigenvalue weighted by molar-refractivity contribution is 6.28. The molecule has 0 amide bonds. The van der Waals surface area contributed by atoms with Crippen LogP contribution in [0.25, 0.3) is 11.3 Å². The summed E-state index contributed by atoms with van der Waals surface area (Å²) in [7, 11) is 0. The van der Waals surface area contributed by atoms with Gasteiger partial charge in [-0.3, -0.25) is 4.90 Å². The molecule has 5 heteroatoms. The summed E-state index contributed by atoms with van der Waals surface area (Å²) < 4.78 is 14.1. The molecule has 1 atom stereocenters. The number of benzene rings is 1. The van der Waals surface area contributed by atoms with Crippen molar-refractivity contribution in [2.75, 3.05) is 13.1 Å². The van der Waals surface area contributed by atoms with Crippen LogP contribution >= 0.6 is 11.6 Å². The summed E-state index contributed by atoms with van der Waals surface area (Å²) in [4.78, 5) is 10.3. The zero-order chi connectivity index (χ0) is 17.3. The third-order valence-electron chi connectivity index (χ3n) is 4.72. The fourth-order valence-electron chi connectivity index (χ4n) is 3.35. The highest BCUT2D eigenvalue weighted by Crippen LogP contribution is 2.32. The minimum atomic E-state index is -0.448. The van der Waals surface area contributed by atoms with Gasteiger partial charge in [-0.15, -0.1) is 0 Å². The maximum absolute atomic E-state index is 14.1. The van der Waals surface area contributed by atoms with Crippen molar-refractivity contribution in [1.29, 1.82) is 0 Å². The van der Waals surface area contributed by atoms with Gasteiger partial charge in [-0.1, -0.05) is 18.2 Å². The fourth-order valence-corrected chi connectivity index (χ4v) is 3.48. The molecule has 0 N–H and O–H groups in total. The van der Waals surface area contributed by atoms with Crippen molar-refractivity contribution in [3.05, 3.63) is 47.1 Å².